The van der Waals surface area contributed by atoms with Gasteiger partial charge in [0, 0.05) is 30.8 Å². The summed E-state index contributed by atoms with van der Waals surface area (Å²) in [6, 6.07) is 4.55. The maximum atomic E-state index is 4.54. The van der Waals surface area contributed by atoms with Gasteiger partial charge in [-0.3, -0.25) is 14.3 Å². The van der Waals surface area contributed by atoms with Crippen molar-refractivity contribution in [1.82, 2.24) is 24.5 Å². The molecule has 0 unspecified atom stereocenters. The summed E-state index contributed by atoms with van der Waals surface area (Å²) >= 11 is 0. The van der Waals surface area contributed by atoms with Crippen LogP contribution in [0.4, 0.5) is 0 Å². The van der Waals surface area contributed by atoms with Gasteiger partial charge in [0.05, 0.1) is 0 Å². The molecule has 1 aliphatic carbocycles. The monoisotopic (exact) mass is 315 g/mol. The normalized spacial score (nSPS) is 17.8. The molecule has 2 aromatic rings. The van der Waals surface area contributed by atoms with Crippen LogP contribution in [-0.2, 0) is 11.3 Å². The minimum atomic E-state index is -0.221. The van der Waals surface area contributed by atoms with Crippen molar-refractivity contribution in [3.8, 4) is 0 Å². The molecule has 3 rings (SSSR count). The first-order valence-corrected chi connectivity index (χ1v) is 8.74. The van der Waals surface area contributed by atoms with Crippen molar-refractivity contribution < 1.29 is 0 Å². The molecule has 1 aliphatic rings. The lowest BCUT2D eigenvalue weighted by Gasteiger charge is -2.53. The highest BCUT2D eigenvalue weighted by Crippen LogP contribution is 2.38. The third kappa shape index (κ3) is 2.94. The van der Waals surface area contributed by atoms with Crippen LogP contribution in [0.2, 0.25) is 0 Å². The van der Waals surface area contributed by atoms with Gasteiger partial charge in [-0.1, -0.05) is 19.3 Å². The third-order valence-electron chi connectivity index (χ3n) is 5.25. The van der Waals surface area contributed by atoms with E-state index in [0.29, 0.717) is 6.04 Å². The molecule has 0 N–H and O–H groups in total. The fraction of sp³-hybridized carbons (Fsp3) is 0.667. The highest BCUT2D eigenvalue weighted by Gasteiger charge is 2.45. The number of aromatic nitrogens is 4. The van der Waals surface area contributed by atoms with E-state index in [4.69, 9.17) is 0 Å². The largest absolute Gasteiger partial charge is 0.253 e. The Hall–Kier alpha value is -1.62. The second-order valence-electron chi connectivity index (χ2n) is 7.55. The molecule has 5 heteroatoms. The van der Waals surface area contributed by atoms with E-state index in [-0.39, 0.29) is 11.3 Å². The summed E-state index contributed by atoms with van der Waals surface area (Å²) in [4.78, 5) is 2.61. The van der Waals surface area contributed by atoms with Gasteiger partial charge in [0.2, 0.25) is 0 Å². The van der Waals surface area contributed by atoms with Crippen molar-refractivity contribution in [2.75, 3.05) is 0 Å². The molecule has 0 bridgehead atoms. The van der Waals surface area contributed by atoms with E-state index >= 15 is 0 Å². The second kappa shape index (κ2) is 6.11. The molecule has 0 aliphatic heterocycles. The quantitative estimate of drug-likeness (QED) is 0.842. The van der Waals surface area contributed by atoms with Gasteiger partial charge >= 0.3 is 0 Å². The number of nitrogens with zero attached hydrogens (tertiary/aromatic N) is 5. The van der Waals surface area contributed by atoms with Crippen LogP contribution in [0.5, 0.6) is 0 Å². The van der Waals surface area contributed by atoms with Gasteiger partial charge in [-0.2, -0.15) is 10.2 Å². The van der Waals surface area contributed by atoms with Crippen LogP contribution in [0, 0.1) is 0 Å². The van der Waals surface area contributed by atoms with Crippen LogP contribution in [0.1, 0.15) is 59.8 Å². The summed E-state index contributed by atoms with van der Waals surface area (Å²) in [5, 5.41) is 9.09. The minimum Gasteiger partial charge on any atom is -0.253 e. The molecule has 2 heterocycles. The molecule has 0 spiro atoms. The molecule has 1 fully saturated rings. The maximum absolute atomic E-state index is 4.54. The first kappa shape index (κ1) is 16.2. The van der Waals surface area contributed by atoms with Crippen molar-refractivity contribution in [1.29, 1.82) is 0 Å². The zero-order chi connectivity index (χ0) is 16.5. The first-order chi connectivity index (χ1) is 10.9. The average Bonchev–Trinajstić information content (AvgIpc) is 3.22. The van der Waals surface area contributed by atoms with E-state index in [2.05, 4.69) is 64.5 Å². The summed E-state index contributed by atoms with van der Waals surface area (Å²) in [6.07, 6.45) is 14.3. The lowest BCUT2D eigenvalue weighted by atomic mass is 9.90. The first-order valence-electron chi connectivity index (χ1n) is 8.74. The molecule has 2 aromatic heterocycles. The Bertz CT molecular complexity index is 545. The Morgan fingerprint density at radius 3 is 1.70 bits per heavy atom. The van der Waals surface area contributed by atoms with Crippen LogP contribution in [0.25, 0.3) is 0 Å². The van der Waals surface area contributed by atoms with Gasteiger partial charge in [0.25, 0.3) is 0 Å². The van der Waals surface area contributed by atoms with E-state index in [1.807, 2.05) is 24.5 Å². The summed E-state index contributed by atoms with van der Waals surface area (Å²) in [6.45, 7) is 9.05. The highest BCUT2D eigenvalue weighted by atomic mass is 15.5. The molecule has 0 aromatic carbocycles. The topological polar surface area (TPSA) is 38.9 Å². The smallest absolute Gasteiger partial charge is 0.111 e. The third-order valence-corrected chi connectivity index (χ3v) is 5.25. The van der Waals surface area contributed by atoms with E-state index in [0.717, 1.165) is 0 Å². The standard InChI is InChI=1S/C18H29N5/c1-17(2,21-14-8-12-19-21)23(16-10-6-5-7-11-16)18(3,4)22-15-9-13-20-22/h8-9,12-16H,5-7,10-11H2,1-4H3. The van der Waals surface area contributed by atoms with Gasteiger partial charge in [-0.15, -0.1) is 0 Å². The molecular weight excluding hydrogens is 286 g/mol. The lowest BCUT2D eigenvalue weighted by Crippen LogP contribution is -2.62. The molecule has 1 saturated carbocycles. The van der Waals surface area contributed by atoms with Crippen molar-refractivity contribution in [2.45, 2.75) is 77.2 Å². The van der Waals surface area contributed by atoms with Crippen molar-refractivity contribution in [3.05, 3.63) is 36.9 Å². The maximum Gasteiger partial charge on any atom is 0.111 e. The van der Waals surface area contributed by atoms with Crippen LogP contribution < -0.4 is 0 Å². The van der Waals surface area contributed by atoms with Crippen molar-refractivity contribution in [3.63, 3.8) is 0 Å². The van der Waals surface area contributed by atoms with Gasteiger partial charge in [-0.25, -0.2) is 0 Å². The van der Waals surface area contributed by atoms with Gasteiger partial charge in [0.15, 0.2) is 0 Å². The van der Waals surface area contributed by atoms with Gasteiger partial charge < -0.3 is 0 Å². The van der Waals surface area contributed by atoms with Gasteiger partial charge in [-0.05, 0) is 52.7 Å². The van der Waals surface area contributed by atoms with Crippen LogP contribution >= 0.6 is 0 Å². The Kier molecular flexibility index (Phi) is 4.32. The molecule has 0 atom stereocenters. The zero-order valence-corrected chi connectivity index (χ0v) is 14.8. The van der Waals surface area contributed by atoms with E-state index in [9.17, 15) is 0 Å². The highest BCUT2D eigenvalue weighted by molar-refractivity contribution is 4.96. The van der Waals surface area contributed by atoms with E-state index in [1.54, 1.807) is 0 Å². The molecule has 0 saturated heterocycles. The van der Waals surface area contributed by atoms with Crippen LogP contribution in [-0.4, -0.2) is 30.5 Å². The molecule has 0 amide bonds. The number of rotatable bonds is 5. The van der Waals surface area contributed by atoms with Crippen molar-refractivity contribution in [2.24, 2.45) is 0 Å². The SMILES string of the molecule is CC(C)(N(C1CCCCC1)C(C)(C)n1cccn1)n1cccn1. The summed E-state index contributed by atoms with van der Waals surface area (Å²) < 4.78 is 4.15. The average molecular weight is 315 g/mol. The second-order valence-corrected chi connectivity index (χ2v) is 7.55. The zero-order valence-electron chi connectivity index (χ0n) is 14.8. The lowest BCUT2D eigenvalue weighted by molar-refractivity contribution is -0.124. The van der Waals surface area contributed by atoms with Crippen LogP contribution in [0.15, 0.2) is 36.9 Å². The number of hydrogen-bond donors (Lipinski definition) is 0. The number of hydrogen-bond acceptors (Lipinski definition) is 3. The fourth-order valence-electron chi connectivity index (χ4n) is 4.31. The predicted octanol–water partition coefficient (Wildman–Crippen LogP) is 3.80. The van der Waals surface area contributed by atoms with Crippen molar-refractivity contribution >= 4 is 0 Å². The Balaban J connectivity index is 2.03. The predicted molar refractivity (Wildman–Crippen MR) is 91.8 cm³/mol. The van der Waals surface area contributed by atoms with E-state index in [1.165, 1.54) is 32.1 Å². The van der Waals surface area contributed by atoms with Gasteiger partial charge in [0.1, 0.15) is 11.3 Å². The van der Waals surface area contributed by atoms with Crippen LogP contribution in [0.3, 0.4) is 0 Å². The minimum absolute atomic E-state index is 0.221. The molecule has 5 nitrogen and oxygen atoms in total. The summed E-state index contributed by atoms with van der Waals surface area (Å²) in [5.41, 5.74) is -0.443. The molecule has 0 radical (unpaired) electrons. The summed E-state index contributed by atoms with van der Waals surface area (Å²) in [7, 11) is 0. The van der Waals surface area contributed by atoms with E-state index < -0.39 is 0 Å². The Morgan fingerprint density at radius 1 is 0.826 bits per heavy atom. The molecule has 126 valence electrons. The summed E-state index contributed by atoms with van der Waals surface area (Å²) in [5.74, 6) is 0. The Morgan fingerprint density at radius 2 is 1.30 bits per heavy atom. The molecular formula is C18H29N5. The Labute approximate surface area is 139 Å². The molecule has 23 heavy (non-hydrogen) atoms. The fourth-order valence-corrected chi connectivity index (χ4v) is 4.31.